The zero-order chi connectivity index (χ0) is 11.3. The van der Waals surface area contributed by atoms with Crippen LogP contribution < -0.4 is 11.1 Å². The molecule has 0 unspecified atom stereocenters. The summed E-state index contributed by atoms with van der Waals surface area (Å²) in [5.41, 5.74) is 9.13. The van der Waals surface area contributed by atoms with E-state index in [2.05, 4.69) is 43.4 Å². The van der Waals surface area contributed by atoms with Crippen molar-refractivity contribution in [1.82, 2.24) is 4.90 Å². The average molecular weight is 207 g/mol. The lowest BCUT2D eigenvalue weighted by Crippen LogP contribution is -2.16. The smallest absolute Gasteiger partial charge is 0.0374 e. The molecule has 3 heteroatoms. The van der Waals surface area contributed by atoms with Crippen molar-refractivity contribution < 1.29 is 0 Å². The molecule has 1 aromatic rings. The van der Waals surface area contributed by atoms with Crippen LogP contribution in [0.4, 0.5) is 11.4 Å². The van der Waals surface area contributed by atoms with Crippen molar-refractivity contribution in [3.63, 3.8) is 0 Å². The number of rotatable bonds is 5. The van der Waals surface area contributed by atoms with Gasteiger partial charge in [0, 0.05) is 24.5 Å². The maximum absolute atomic E-state index is 5.79. The van der Waals surface area contributed by atoms with Crippen LogP contribution in [0.15, 0.2) is 18.2 Å². The van der Waals surface area contributed by atoms with Gasteiger partial charge in [-0.05, 0) is 51.2 Å². The van der Waals surface area contributed by atoms with Gasteiger partial charge in [-0.15, -0.1) is 0 Å². The lowest BCUT2D eigenvalue weighted by atomic mass is 10.1. The number of benzene rings is 1. The Morgan fingerprint density at radius 3 is 2.67 bits per heavy atom. The molecule has 0 atom stereocenters. The van der Waals surface area contributed by atoms with Crippen molar-refractivity contribution >= 4 is 11.4 Å². The summed E-state index contributed by atoms with van der Waals surface area (Å²) in [6, 6.07) is 6.06. The van der Waals surface area contributed by atoms with Crippen molar-refractivity contribution in [1.29, 1.82) is 0 Å². The summed E-state index contributed by atoms with van der Waals surface area (Å²) < 4.78 is 0. The van der Waals surface area contributed by atoms with Crippen LogP contribution in [-0.2, 0) is 6.42 Å². The third-order valence-corrected chi connectivity index (χ3v) is 2.32. The molecule has 0 radical (unpaired) electrons. The molecule has 3 N–H and O–H groups in total. The first-order chi connectivity index (χ1) is 7.13. The normalized spacial score (nSPS) is 10.7. The molecular formula is C12H21N3. The monoisotopic (exact) mass is 207 g/mol. The Hall–Kier alpha value is -1.22. The summed E-state index contributed by atoms with van der Waals surface area (Å²) in [5.74, 6) is 0. The second-order valence-corrected chi connectivity index (χ2v) is 4.00. The molecule has 0 spiro atoms. The average Bonchev–Trinajstić information content (AvgIpc) is 2.18. The molecule has 15 heavy (non-hydrogen) atoms. The second kappa shape index (κ2) is 5.61. The van der Waals surface area contributed by atoms with Crippen LogP contribution in [0.1, 0.15) is 12.5 Å². The number of hydrogen-bond donors (Lipinski definition) is 2. The number of nitrogens with one attached hydrogen (secondary N) is 1. The van der Waals surface area contributed by atoms with E-state index in [0.717, 1.165) is 25.2 Å². The van der Waals surface area contributed by atoms with Gasteiger partial charge in [0.1, 0.15) is 0 Å². The van der Waals surface area contributed by atoms with Crippen molar-refractivity contribution in [3.8, 4) is 0 Å². The van der Waals surface area contributed by atoms with Gasteiger partial charge in [0.2, 0.25) is 0 Å². The second-order valence-electron chi connectivity index (χ2n) is 4.00. The number of nitrogen functional groups attached to an aromatic ring is 1. The lowest BCUT2D eigenvalue weighted by Gasteiger charge is -2.14. The Morgan fingerprint density at radius 2 is 2.07 bits per heavy atom. The van der Waals surface area contributed by atoms with Gasteiger partial charge in [0.05, 0.1) is 0 Å². The fourth-order valence-electron chi connectivity index (χ4n) is 1.53. The van der Waals surface area contributed by atoms with E-state index in [0.29, 0.717) is 0 Å². The summed E-state index contributed by atoms with van der Waals surface area (Å²) >= 11 is 0. The van der Waals surface area contributed by atoms with E-state index < -0.39 is 0 Å². The summed E-state index contributed by atoms with van der Waals surface area (Å²) in [6.45, 7) is 4.09. The molecule has 0 aliphatic heterocycles. The molecule has 0 heterocycles. The summed E-state index contributed by atoms with van der Waals surface area (Å²) in [4.78, 5) is 2.18. The van der Waals surface area contributed by atoms with Gasteiger partial charge < -0.3 is 16.0 Å². The molecule has 1 rings (SSSR count). The minimum atomic E-state index is 0.838. The SMILES string of the molecule is CCNc1ccc(N)cc1CCN(C)C. The number of likely N-dealkylation sites (N-methyl/N-ethyl adjacent to an activating group) is 1. The predicted molar refractivity (Wildman–Crippen MR) is 67.3 cm³/mol. The van der Waals surface area contributed by atoms with E-state index in [-0.39, 0.29) is 0 Å². The zero-order valence-electron chi connectivity index (χ0n) is 9.88. The van der Waals surface area contributed by atoms with Crippen LogP contribution in [0.3, 0.4) is 0 Å². The predicted octanol–water partition coefficient (Wildman–Crippen LogP) is 1.80. The maximum atomic E-state index is 5.79. The van der Waals surface area contributed by atoms with Crippen molar-refractivity contribution in [2.75, 3.05) is 38.2 Å². The molecule has 1 aromatic carbocycles. The van der Waals surface area contributed by atoms with E-state index in [1.807, 2.05) is 6.07 Å². The summed E-state index contributed by atoms with van der Waals surface area (Å²) in [6.07, 6.45) is 1.03. The Balaban J connectivity index is 2.77. The molecule has 0 aliphatic rings. The first-order valence-corrected chi connectivity index (χ1v) is 5.40. The number of nitrogens with two attached hydrogens (primary N) is 1. The first-order valence-electron chi connectivity index (χ1n) is 5.40. The molecule has 84 valence electrons. The van der Waals surface area contributed by atoms with Gasteiger partial charge in [-0.1, -0.05) is 0 Å². The van der Waals surface area contributed by atoms with Crippen molar-refractivity contribution in [3.05, 3.63) is 23.8 Å². The minimum absolute atomic E-state index is 0.838. The van der Waals surface area contributed by atoms with E-state index in [4.69, 9.17) is 5.73 Å². The topological polar surface area (TPSA) is 41.3 Å². The van der Waals surface area contributed by atoms with Crippen LogP contribution in [0.25, 0.3) is 0 Å². The van der Waals surface area contributed by atoms with E-state index in [9.17, 15) is 0 Å². The quantitative estimate of drug-likeness (QED) is 0.723. The third kappa shape index (κ3) is 3.80. The molecule has 0 amide bonds. The largest absolute Gasteiger partial charge is 0.399 e. The van der Waals surface area contributed by atoms with Crippen LogP contribution in [0.5, 0.6) is 0 Å². The van der Waals surface area contributed by atoms with E-state index >= 15 is 0 Å². The van der Waals surface area contributed by atoms with Gasteiger partial charge >= 0.3 is 0 Å². The summed E-state index contributed by atoms with van der Waals surface area (Å²) in [7, 11) is 4.17. The van der Waals surface area contributed by atoms with Crippen molar-refractivity contribution in [2.24, 2.45) is 0 Å². The van der Waals surface area contributed by atoms with Crippen LogP contribution >= 0.6 is 0 Å². The molecule has 0 bridgehead atoms. The standard InChI is InChI=1S/C12H21N3/c1-4-14-12-6-5-11(13)9-10(12)7-8-15(2)3/h5-6,9,14H,4,7-8,13H2,1-3H3. The molecule has 0 fully saturated rings. The maximum Gasteiger partial charge on any atom is 0.0374 e. The highest BCUT2D eigenvalue weighted by atomic mass is 15.0. The molecule has 0 aromatic heterocycles. The highest BCUT2D eigenvalue weighted by Gasteiger charge is 2.02. The van der Waals surface area contributed by atoms with Gasteiger partial charge in [0.25, 0.3) is 0 Å². The van der Waals surface area contributed by atoms with Crippen LogP contribution in [0, 0.1) is 0 Å². The van der Waals surface area contributed by atoms with Gasteiger partial charge in [0.15, 0.2) is 0 Å². The highest BCUT2D eigenvalue weighted by molar-refractivity contribution is 5.58. The Bertz CT molecular complexity index is 308. The molecular weight excluding hydrogens is 186 g/mol. The zero-order valence-corrected chi connectivity index (χ0v) is 9.88. The van der Waals surface area contributed by atoms with Crippen LogP contribution in [-0.4, -0.2) is 32.1 Å². The third-order valence-electron chi connectivity index (χ3n) is 2.32. The molecule has 0 aliphatic carbocycles. The first kappa shape index (κ1) is 11.9. The number of hydrogen-bond acceptors (Lipinski definition) is 3. The lowest BCUT2D eigenvalue weighted by molar-refractivity contribution is 0.414. The molecule has 3 nitrogen and oxygen atoms in total. The molecule has 0 saturated heterocycles. The van der Waals surface area contributed by atoms with Crippen molar-refractivity contribution in [2.45, 2.75) is 13.3 Å². The van der Waals surface area contributed by atoms with E-state index in [1.54, 1.807) is 0 Å². The van der Waals surface area contributed by atoms with Crippen LogP contribution in [0.2, 0.25) is 0 Å². The van der Waals surface area contributed by atoms with Gasteiger partial charge in [-0.25, -0.2) is 0 Å². The Morgan fingerprint density at radius 1 is 1.33 bits per heavy atom. The number of nitrogens with zero attached hydrogens (tertiary/aromatic N) is 1. The molecule has 0 saturated carbocycles. The van der Waals surface area contributed by atoms with Gasteiger partial charge in [-0.3, -0.25) is 0 Å². The fourth-order valence-corrected chi connectivity index (χ4v) is 1.53. The Kier molecular flexibility index (Phi) is 4.43. The van der Waals surface area contributed by atoms with Gasteiger partial charge in [-0.2, -0.15) is 0 Å². The fraction of sp³-hybridized carbons (Fsp3) is 0.500. The minimum Gasteiger partial charge on any atom is -0.399 e. The summed E-state index contributed by atoms with van der Waals surface area (Å²) in [5, 5.41) is 3.35. The van der Waals surface area contributed by atoms with E-state index in [1.165, 1.54) is 11.3 Å². The highest BCUT2D eigenvalue weighted by Crippen LogP contribution is 2.19. The Labute approximate surface area is 92.3 Å². The number of anilines is 2.